The van der Waals surface area contributed by atoms with Gasteiger partial charge in [-0.3, -0.25) is 4.79 Å². The van der Waals surface area contributed by atoms with E-state index in [1.807, 2.05) is 86.6 Å². The van der Waals surface area contributed by atoms with Crippen LogP contribution in [0, 0.1) is 0 Å². The van der Waals surface area contributed by atoms with Crippen molar-refractivity contribution < 1.29 is 9.53 Å². The molecule has 128 valence electrons. The lowest BCUT2D eigenvalue weighted by Crippen LogP contribution is -2.43. The molecule has 2 rings (SSSR count). The van der Waals surface area contributed by atoms with Crippen molar-refractivity contribution in [2.75, 3.05) is 27.2 Å². The highest BCUT2D eigenvalue weighted by atomic mass is 16.5. The number of para-hydroxylation sites is 1. The van der Waals surface area contributed by atoms with E-state index in [0.717, 1.165) is 12.1 Å². The molecule has 0 aromatic heterocycles. The molecule has 0 fully saturated rings. The molecule has 0 aliphatic heterocycles. The Morgan fingerprint density at radius 2 is 1.54 bits per heavy atom. The number of benzene rings is 2. The minimum Gasteiger partial charge on any atom is -0.481 e. The van der Waals surface area contributed by atoms with Crippen LogP contribution in [0.25, 0.3) is 0 Å². The maximum atomic E-state index is 12.8. The van der Waals surface area contributed by atoms with Gasteiger partial charge in [0.2, 0.25) is 0 Å². The number of rotatable bonds is 8. The van der Waals surface area contributed by atoms with Crippen molar-refractivity contribution in [3.05, 3.63) is 66.2 Å². The summed E-state index contributed by atoms with van der Waals surface area (Å²) < 4.78 is 5.80. The predicted molar refractivity (Wildman–Crippen MR) is 96.9 cm³/mol. The Bertz CT molecular complexity index is 614. The summed E-state index contributed by atoms with van der Waals surface area (Å²) in [5.74, 6) is 0.718. The normalized spacial score (nSPS) is 12.0. The molecule has 1 amide bonds. The monoisotopic (exact) mass is 326 g/mol. The Kier molecular flexibility index (Phi) is 6.82. The maximum Gasteiger partial charge on any atom is 0.263 e. The molecule has 0 aliphatic rings. The Hall–Kier alpha value is -2.33. The number of amides is 1. The summed E-state index contributed by atoms with van der Waals surface area (Å²) in [7, 11) is 4.02. The van der Waals surface area contributed by atoms with Crippen molar-refractivity contribution in [3.8, 4) is 5.75 Å². The van der Waals surface area contributed by atoms with Crippen LogP contribution in [0.4, 0.5) is 0 Å². The first kappa shape index (κ1) is 18.0. The smallest absolute Gasteiger partial charge is 0.263 e. The number of ether oxygens (including phenoxy) is 1. The van der Waals surface area contributed by atoms with Crippen LogP contribution in [0.2, 0.25) is 0 Å². The lowest BCUT2D eigenvalue weighted by molar-refractivity contribution is -0.138. The summed E-state index contributed by atoms with van der Waals surface area (Å²) in [4.78, 5) is 16.8. The van der Waals surface area contributed by atoms with Crippen molar-refractivity contribution in [3.63, 3.8) is 0 Å². The molecule has 0 heterocycles. The third kappa shape index (κ3) is 5.70. The van der Waals surface area contributed by atoms with Crippen molar-refractivity contribution in [1.82, 2.24) is 9.80 Å². The highest BCUT2D eigenvalue weighted by Gasteiger charge is 2.22. The van der Waals surface area contributed by atoms with E-state index < -0.39 is 6.10 Å². The molecule has 0 saturated heterocycles. The summed E-state index contributed by atoms with van der Waals surface area (Å²) in [5.41, 5.74) is 1.12. The highest BCUT2D eigenvalue weighted by Crippen LogP contribution is 2.13. The predicted octanol–water partition coefficient (Wildman–Crippen LogP) is 3.04. The summed E-state index contributed by atoms with van der Waals surface area (Å²) in [6.07, 6.45) is -0.515. The van der Waals surface area contributed by atoms with Crippen molar-refractivity contribution in [2.24, 2.45) is 0 Å². The minimum atomic E-state index is -0.515. The molecule has 4 nitrogen and oxygen atoms in total. The van der Waals surface area contributed by atoms with E-state index in [1.165, 1.54) is 0 Å². The second-order valence-electron chi connectivity index (χ2n) is 6.12. The van der Waals surface area contributed by atoms with Gasteiger partial charge in [-0.05, 0) is 38.7 Å². The SMILES string of the molecule is CC(Oc1ccccc1)C(=O)N(CCN(C)C)Cc1ccccc1. The molecule has 4 heteroatoms. The van der Waals surface area contributed by atoms with E-state index in [9.17, 15) is 4.79 Å². The van der Waals surface area contributed by atoms with E-state index in [1.54, 1.807) is 0 Å². The van der Waals surface area contributed by atoms with Crippen LogP contribution in [0.1, 0.15) is 12.5 Å². The van der Waals surface area contributed by atoms with Gasteiger partial charge in [0.1, 0.15) is 5.75 Å². The standard InChI is InChI=1S/C20H26N2O2/c1-17(24-19-12-8-5-9-13-19)20(23)22(15-14-21(2)3)16-18-10-6-4-7-11-18/h4-13,17H,14-16H2,1-3H3. The van der Waals surface area contributed by atoms with Gasteiger partial charge in [-0.15, -0.1) is 0 Å². The topological polar surface area (TPSA) is 32.8 Å². The van der Waals surface area contributed by atoms with Crippen LogP contribution in [0.5, 0.6) is 5.75 Å². The fourth-order valence-electron chi connectivity index (χ4n) is 2.40. The number of carbonyl (C=O) groups excluding carboxylic acids is 1. The number of hydrogen-bond acceptors (Lipinski definition) is 3. The van der Waals surface area contributed by atoms with E-state index >= 15 is 0 Å². The Morgan fingerprint density at radius 3 is 2.12 bits per heavy atom. The molecule has 0 spiro atoms. The molecule has 0 radical (unpaired) electrons. The van der Waals surface area contributed by atoms with Gasteiger partial charge in [0.05, 0.1) is 0 Å². The lowest BCUT2D eigenvalue weighted by Gasteiger charge is -2.27. The first-order valence-corrected chi connectivity index (χ1v) is 8.25. The van der Waals surface area contributed by atoms with Crippen LogP contribution in [0.3, 0.4) is 0 Å². The van der Waals surface area contributed by atoms with Crippen molar-refractivity contribution >= 4 is 5.91 Å². The van der Waals surface area contributed by atoms with Crippen LogP contribution in [-0.2, 0) is 11.3 Å². The second kappa shape index (κ2) is 9.08. The van der Waals surface area contributed by atoms with E-state index in [2.05, 4.69) is 4.90 Å². The van der Waals surface area contributed by atoms with Gasteiger partial charge in [0.15, 0.2) is 6.10 Å². The summed E-state index contributed by atoms with van der Waals surface area (Å²) in [6, 6.07) is 19.5. The molecule has 24 heavy (non-hydrogen) atoms. The van der Waals surface area contributed by atoms with E-state index in [0.29, 0.717) is 18.8 Å². The molecule has 2 aromatic carbocycles. The molecule has 0 N–H and O–H groups in total. The van der Waals surface area contributed by atoms with Crippen molar-refractivity contribution in [2.45, 2.75) is 19.6 Å². The summed E-state index contributed by atoms with van der Waals surface area (Å²) in [6.45, 7) is 3.89. The molecule has 2 aromatic rings. The average Bonchev–Trinajstić information content (AvgIpc) is 2.59. The molecule has 0 bridgehead atoms. The number of hydrogen-bond donors (Lipinski definition) is 0. The van der Waals surface area contributed by atoms with Gasteiger partial charge in [-0.2, -0.15) is 0 Å². The quantitative estimate of drug-likeness (QED) is 0.747. The number of likely N-dealkylation sites (N-methyl/N-ethyl adjacent to an activating group) is 1. The second-order valence-corrected chi connectivity index (χ2v) is 6.12. The number of carbonyl (C=O) groups is 1. The van der Waals surface area contributed by atoms with Crippen LogP contribution >= 0.6 is 0 Å². The first-order chi connectivity index (χ1) is 11.6. The molecule has 1 atom stereocenters. The lowest BCUT2D eigenvalue weighted by atomic mass is 10.2. The minimum absolute atomic E-state index is 0.00422. The Balaban J connectivity index is 2.05. The van der Waals surface area contributed by atoms with Gasteiger partial charge in [0, 0.05) is 19.6 Å². The molecular formula is C20H26N2O2. The molecule has 0 aliphatic carbocycles. The fourth-order valence-corrected chi connectivity index (χ4v) is 2.40. The molecule has 0 saturated carbocycles. The van der Waals surface area contributed by atoms with Gasteiger partial charge in [-0.1, -0.05) is 48.5 Å². The van der Waals surface area contributed by atoms with Crippen LogP contribution in [-0.4, -0.2) is 49.0 Å². The number of nitrogens with zero attached hydrogens (tertiary/aromatic N) is 2. The molecular weight excluding hydrogens is 300 g/mol. The van der Waals surface area contributed by atoms with E-state index in [-0.39, 0.29) is 5.91 Å². The van der Waals surface area contributed by atoms with E-state index in [4.69, 9.17) is 4.74 Å². The van der Waals surface area contributed by atoms with Crippen molar-refractivity contribution in [1.29, 1.82) is 0 Å². The summed E-state index contributed by atoms with van der Waals surface area (Å²) >= 11 is 0. The average molecular weight is 326 g/mol. The highest BCUT2D eigenvalue weighted by molar-refractivity contribution is 5.81. The Morgan fingerprint density at radius 1 is 0.958 bits per heavy atom. The van der Waals surface area contributed by atoms with Gasteiger partial charge < -0.3 is 14.5 Å². The molecule has 1 unspecified atom stereocenters. The first-order valence-electron chi connectivity index (χ1n) is 8.25. The van der Waals surface area contributed by atoms with Gasteiger partial charge >= 0.3 is 0 Å². The van der Waals surface area contributed by atoms with Crippen LogP contribution < -0.4 is 4.74 Å². The zero-order valence-corrected chi connectivity index (χ0v) is 14.7. The Labute approximate surface area is 144 Å². The summed E-state index contributed by atoms with van der Waals surface area (Å²) in [5, 5.41) is 0. The third-order valence-corrected chi connectivity index (χ3v) is 3.75. The zero-order chi connectivity index (χ0) is 17.4. The maximum absolute atomic E-state index is 12.8. The third-order valence-electron chi connectivity index (χ3n) is 3.75. The fraction of sp³-hybridized carbons (Fsp3) is 0.350. The van der Waals surface area contributed by atoms with Gasteiger partial charge in [0.25, 0.3) is 5.91 Å². The largest absolute Gasteiger partial charge is 0.481 e. The van der Waals surface area contributed by atoms with Gasteiger partial charge in [-0.25, -0.2) is 0 Å². The van der Waals surface area contributed by atoms with Crippen LogP contribution in [0.15, 0.2) is 60.7 Å². The zero-order valence-electron chi connectivity index (χ0n) is 14.7.